The Kier molecular flexibility index (Phi) is 4.89. The van der Waals surface area contributed by atoms with Crippen molar-refractivity contribution in [3.05, 3.63) is 45.0 Å². The predicted molar refractivity (Wildman–Crippen MR) is 87.3 cm³/mol. The highest BCUT2D eigenvalue weighted by Crippen LogP contribution is 2.27. The normalized spacial score (nSPS) is 16.6. The van der Waals surface area contributed by atoms with E-state index in [1.807, 2.05) is 17.0 Å². The molecule has 2 aromatic rings. The molecule has 9 heteroatoms. The van der Waals surface area contributed by atoms with Crippen LogP contribution >= 0.6 is 23.1 Å². The molecule has 1 saturated heterocycles. The van der Waals surface area contributed by atoms with E-state index in [2.05, 4.69) is 4.74 Å². The molecule has 0 atom stereocenters. The Balaban J connectivity index is 1.65. The number of rotatable bonds is 3. The van der Waals surface area contributed by atoms with Crippen LogP contribution in [-0.2, 0) is 4.74 Å². The number of halogens is 4. The molecular weight excluding hydrogens is 365 g/mol. The fourth-order valence-electron chi connectivity index (χ4n) is 2.71. The molecule has 2 heterocycles. The van der Waals surface area contributed by atoms with Gasteiger partial charge < -0.3 is 4.90 Å². The third-order valence-corrected chi connectivity index (χ3v) is 4.99. The third-order valence-electron chi connectivity index (χ3n) is 3.81. The zero-order valence-corrected chi connectivity index (χ0v) is 14.0. The van der Waals surface area contributed by atoms with Gasteiger partial charge in [-0.1, -0.05) is 11.6 Å². The second-order valence-corrected chi connectivity index (χ2v) is 7.06. The molecule has 0 N–H and O–H groups in total. The Labute approximate surface area is 145 Å². The third kappa shape index (κ3) is 4.12. The summed E-state index contributed by atoms with van der Waals surface area (Å²) >= 11 is 6.97. The quantitative estimate of drug-likeness (QED) is 0.808. The van der Waals surface area contributed by atoms with E-state index in [1.165, 1.54) is 10.0 Å². The molecule has 1 aromatic carbocycles. The number of alkyl halides is 3. The smallest absolute Gasteiger partial charge is 0.371 e. The summed E-state index contributed by atoms with van der Waals surface area (Å²) in [5, 5.41) is 0. The van der Waals surface area contributed by atoms with Crippen molar-refractivity contribution < 1.29 is 17.9 Å². The number of hydrogen-bond acceptors (Lipinski definition) is 4. The molecule has 0 amide bonds. The summed E-state index contributed by atoms with van der Waals surface area (Å²) in [6.07, 6.45) is -4.72. The molecule has 0 radical (unpaired) electrons. The van der Waals surface area contributed by atoms with Gasteiger partial charge in [-0.3, -0.25) is 9.53 Å². The molecule has 0 aliphatic carbocycles. The van der Waals surface area contributed by atoms with Crippen molar-refractivity contribution in [1.29, 1.82) is 0 Å². The maximum atomic E-state index is 12.2. The summed E-state index contributed by atoms with van der Waals surface area (Å²) in [5.41, 5.74) is 1.42. The van der Waals surface area contributed by atoms with Crippen molar-refractivity contribution in [2.45, 2.75) is 25.3 Å². The van der Waals surface area contributed by atoms with Crippen molar-refractivity contribution in [3.63, 3.8) is 0 Å². The first-order valence-corrected chi connectivity index (χ1v) is 8.46. The summed E-state index contributed by atoms with van der Waals surface area (Å²) in [6.45, 7) is 0.982. The molecule has 4 nitrogen and oxygen atoms in total. The maximum absolute atomic E-state index is 12.2. The minimum absolute atomic E-state index is 0.192. The van der Waals surface area contributed by atoms with Gasteiger partial charge >= 0.3 is 6.36 Å². The molecule has 1 aliphatic heterocycles. The fraction of sp³-hybridized carbons (Fsp3) is 0.400. The van der Waals surface area contributed by atoms with Crippen LogP contribution in [0, 0.1) is 0 Å². The Hall–Kier alpha value is -1.51. The standard InChI is InChI=1S/C15H14ClF3N2O2S/c16-13-9-14(22)21(24-13)11-3-1-10(2-4-11)20-7-5-12(6-8-20)23-15(17,18)19/h1-4,9,12H,5-8H2. The molecular formula is C15H14ClF3N2O2S. The predicted octanol–water partition coefficient (Wildman–Crippen LogP) is 4.06. The molecule has 0 unspecified atom stereocenters. The molecule has 1 aromatic heterocycles. The SMILES string of the molecule is O=c1cc(Cl)sn1-c1ccc(N2CCC(OC(F)(F)F)CC2)cc1. The summed E-state index contributed by atoms with van der Waals surface area (Å²) in [4.78, 5) is 13.8. The van der Waals surface area contributed by atoms with Crippen molar-refractivity contribution in [2.24, 2.45) is 0 Å². The lowest BCUT2D eigenvalue weighted by atomic mass is 10.1. The van der Waals surface area contributed by atoms with Gasteiger partial charge in [0, 0.05) is 24.8 Å². The Morgan fingerprint density at radius 2 is 1.71 bits per heavy atom. The zero-order valence-electron chi connectivity index (χ0n) is 12.4. The second-order valence-electron chi connectivity index (χ2n) is 5.44. The molecule has 1 fully saturated rings. The van der Waals surface area contributed by atoms with Crippen LogP contribution < -0.4 is 10.5 Å². The Morgan fingerprint density at radius 1 is 1.12 bits per heavy atom. The zero-order chi connectivity index (χ0) is 17.3. The molecule has 24 heavy (non-hydrogen) atoms. The lowest BCUT2D eigenvalue weighted by Crippen LogP contribution is -2.39. The van der Waals surface area contributed by atoms with E-state index in [0.29, 0.717) is 36.0 Å². The van der Waals surface area contributed by atoms with Gasteiger partial charge in [-0.2, -0.15) is 0 Å². The topological polar surface area (TPSA) is 34.5 Å². The van der Waals surface area contributed by atoms with E-state index in [9.17, 15) is 18.0 Å². The largest absolute Gasteiger partial charge is 0.522 e. The van der Waals surface area contributed by atoms with Gasteiger partial charge in [-0.05, 0) is 48.6 Å². The minimum Gasteiger partial charge on any atom is -0.371 e. The van der Waals surface area contributed by atoms with E-state index in [-0.39, 0.29) is 5.56 Å². The van der Waals surface area contributed by atoms with Gasteiger partial charge in [0.05, 0.1) is 11.8 Å². The van der Waals surface area contributed by atoms with Crippen molar-refractivity contribution >= 4 is 28.8 Å². The van der Waals surface area contributed by atoms with Crippen LogP contribution in [0.15, 0.2) is 35.1 Å². The van der Waals surface area contributed by atoms with E-state index < -0.39 is 12.5 Å². The van der Waals surface area contributed by atoms with Crippen molar-refractivity contribution in [3.8, 4) is 5.69 Å². The van der Waals surface area contributed by atoms with Crippen molar-refractivity contribution in [1.82, 2.24) is 3.96 Å². The van der Waals surface area contributed by atoms with Gasteiger partial charge in [0.1, 0.15) is 4.34 Å². The van der Waals surface area contributed by atoms with E-state index in [1.54, 1.807) is 12.1 Å². The first kappa shape index (κ1) is 17.3. The summed E-state index contributed by atoms with van der Waals surface area (Å²) in [5.74, 6) is 0. The lowest BCUT2D eigenvalue weighted by molar-refractivity contribution is -0.344. The van der Waals surface area contributed by atoms with Crippen LogP contribution in [0.3, 0.4) is 0 Å². The van der Waals surface area contributed by atoms with Gasteiger partial charge in [0.15, 0.2) is 0 Å². The lowest BCUT2D eigenvalue weighted by Gasteiger charge is -2.33. The minimum atomic E-state index is -4.58. The van der Waals surface area contributed by atoms with Crippen LogP contribution in [0.2, 0.25) is 4.34 Å². The van der Waals surface area contributed by atoms with Gasteiger partial charge in [0.25, 0.3) is 5.56 Å². The first-order valence-electron chi connectivity index (χ1n) is 7.31. The number of nitrogens with zero attached hydrogens (tertiary/aromatic N) is 2. The molecule has 3 rings (SSSR count). The van der Waals surface area contributed by atoms with Crippen LogP contribution in [0.4, 0.5) is 18.9 Å². The van der Waals surface area contributed by atoms with E-state index >= 15 is 0 Å². The molecule has 130 valence electrons. The average molecular weight is 379 g/mol. The number of aromatic nitrogens is 1. The van der Waals surface area contributed by atoms with E-state index in [0.717, 1.165) is 17.2 Å². The Morgan fingerprint density at radius 3 is 2.21 bits per heavy atom. The summed E-state index contributed by atoms with van der Waals surface area (Å²) < 4.78 is 42.7. The highest BCUT2D eigenvalue weighted by Gasteiger charge is 2.35. The van der Waals surface area contributed by atoms with Gasteiger partial charge in [-0.25, -0.2) is 3.96 Å². The fourth-order valence-corrected chi connectivity index (χ4v) is 3.71. The van der Waals surface area contributed by atoms with Crippen LogP contribution in [0.25, 0.3) is 5.69 Å². The van der Waals surface area contributed by atoms with Gasteiger partial charge in [0.2, 0.25) is 0 Å². The van der Waals surface area contributed by atoms with E-state index in [4.69, 9.17) is 11.6 Å². The monoisotopic (exact) mass is 378 g/mol. The average Bonchev–Trinajstić information content (AvgIpc) is 2.85. The molecule has 0 saturated carbocycles. The van der Waals surface area contributed by atoms with Crippen LogP contribution in [-0.4, -0.2) is 29.5 Å². The highest BCUT2D eigenvalue weighted by atomic mass is 35.5. The molecule has 0 spiro atoms. The number of benzene rings is 1. The van der Waals surface area contributed by atoms with Gasteiger partial charge in [-0.15, -0.1) is 13.2 Å². The molecule has 1 aliphatic rings. The number of anilines is 1. The second kappa shape index (κ2) is 6.78. The van der Waals surface area contributed by atoms with Crippen molar-refractivity contribution in [2.75, 3.05) is 18.0 Å². The first-order chi connectivity index (χ1) is 11.3. The maximum Gasteiger partial charge on any atom is 0.522 e. The number of ether oxygens (including phenoxy) is 1. The Bertz CT molecular complexity index is 749. The molecule has 0 bridgehead atoms. The number of hydrogen-bond donors (Lipinski definition) is 0. The number of piperidine rings is 1. The highest BCUT2D eigenvalue weighted by molar-refractivity contribution is 7.11. The summed E-state index contributed by atoms with van der Waals surface area (Å²) in [6, 6.07) is 8.63. The van der Waals surface area contributed by atoms with Crippen LogP contribution in [0.1, 0.15) is 12.8 Å². The summed E-state index contributed by atoms with van der Waals surface area (Å²) in [7, 11) is 0. The van der Waals surface area contributed by atoms with Crippen LogP contribution in [0.5, 0.6) is 0 Å².